The van der Waals surface area contributed by atoms with Crippen molar-refractivity contribution >= 4 is 39.9 Å². The summed E-state index contributed by atoms with van der Waals surface area (Å²) in [5.41, 5.74) is 16.8. The van der Waals surface area contributed by atoms with E-state index in [2.05, 4.69) is 44.9 Å². The van der Waals surface area contributed by atoms with Gasteiger partial charge in [-0.25, -0.2) is 34.3 Å². The van der Waals surface area contributed by atoms with Crippen molar-refractivity contribution in [1.29, 1.82) is 0 Å². The van der Waals surface area contributed by atoms with Crippen LogP contribution in [0.5, 0.6) is 0 Å². The van der Waals surface area contributed by atoms with Crippen LogP contribution in [0.15, 0.2) is 78.5 Å². The molecule has 0 aromatic carbocycles. The fourth-order valence-electron chi connectivity index (χ4n) is 3.65. The van der Waals surface area contributed by atoms with Crippen LogP contribution < -0.4 is 50.9 Å². The number of hydrogen-bond acceptors (Lipinski definition) is 15. The van der Waals surface area contributed by atoms with Crippen molar-refractivity contribution in [3.8, 4) is 0 Å². The first-order chi connectivity index (χ1) is 24.0. The Bertz CT molecular complexity index is 2610. The second-order valence-corrected chi connectivity index (χ2v) is 10.4. The van der Waals surface area contributed by atoms with E-state index in [1.807, 2.05) is 7.05 Å². The zero-order valence-corrected chi connectivity index (χ0v) is 28.2. The van der Waals surface area contributed by atoms with Gasteiger partial charge in [0.2, 0.25) is 5.95 Å². The van der Waals surface area contributed by atoms with Crippen LogP contribution in [-0.4, -0.2) is 67.7 Å². The van der Waals surface area contributed by atoms with E-state index in [9.17, 15) is 28.8 Å². The van der Waals surface area contributed by atoms with Crippen molar-refractivity contribution in [3.63, 3.8) is 0 Å². The minimum atomic E-state index is -0.387. The highest BCUT2D eigenvalue weighted by molar-refractivity contribution is 5.80. The molecule has 7 rings (SSSR count). The van der Waals surface area contributed by atoms with E-state index in [-0.39, 0.29) is 45.5 Å². The zero-order valence-electron chi connectivity index (χ0n) is 28.2. The van der Waals surface area contributed by atoms with Gasteiger partial charge in [0.25, 0.3) is 16.7 Å². The maximum atomic E-state index is 11.2. The first kappa shape index (κ1) is 38.0. The highest BCUT2D eigenvalue weighted by Gasteiger charge is 2.06. The normalized spacial score (nSPS) is 10.1. The molecule has 23 heteroatoms. The molecule has 0 saturated heterocycles. The number of nitrogens with one attached hydrogen (secondary N) is 3. The number of aryl methyl sites for hydroxylation is 6. The number of H-pyrrole nitrogens is 3. The van der Waals surface area contributed by atoms with Crippen molar-refractivity contribution in [3.05, 3.63) is 118 Å². The number of aromatic amines is 3. The quantitative estimate of drug-likeness (QED) is 0.0916. The van der Waals surface area contributed by atoms with Gasteiger partial charge in [-0.05, 0) is 13.0 Å². The number of hydrogen-bond donors (Lipinski definition) is 6. The summed E-state index contributed by atoms with van der Waals surface area (Å²) in [7, 11) is 8.39. The maximum absolute atomic E-state index is 11.2. The predicted molar refractivity (Wildman–Crippen MR) is 187 cm³/mol. The minimum absolute atomic E-state index is 0.108. The van der Waals surface area contributed by atoms with Crippen molar-refractivity contribution in [2.45, 2.75) is 6.92 Å². The molecule has 0 aliphatic heterocycles. The van der Waals surface area contributed by atoms with Gasteiger partial charge in [-0.1, -0.05) is 0 Å². The third-order valence-corrected chi connectivity index (χ3v) is 6.40. The monoisotopic (exact) mass is 705 g/mol. The predicted octanol–water partition coefficient (Wildman–Crippen LogP) is -3.00. The molecule has 0 spiro atoms. The van der Waals surface area contributed by atoms with E-state index < -0.39 is 0 Å². The number of rotatable bonds is 0. The van der Waals surface area contributed by atoms with Gasteiger partial charge in [0.15, 0.2) is 22.6 Å². The van der Waals surface area contributed by atoms with Gasteiger partial charge < -0.3 is 40.0 Å². The molecule has 51 heavy (non-hydrogen) atoms. The van der Waals surface area contributed by atoms with Crippen molar-refractivity contribution < 1.29 is 0 Å². The van der Waals surface area contributed by atoms with Gasteiger partial charge in [-0.3, -0.25) is 29.3 Å². The Labute approximate surface area is 284 Å². The number of aromatic nitrogens is 14. The van der Waals surface area contributed by atoms with E-state index in [4.69, 9.17) is 17.2 Å². The summed E-state index contributed by atoms with van der Waals surface area (Å²) in [5, 5.41) is 0. The minimum Gasteiger partial charge on any atom is -0.383 e. The van der Waals surface area contributed by atoms with E-state index in [1.165, 1.54) is 44.8 Å². The molecule has 0 radical (unpaired) electrons. The molecule has 9 N–H and O–H groups in total. The highest BCUT2D eigenvalue weighted by atomic mass is 16.2. The smallest absolute Gasteiger partial charge is 0.349 e. The molecule has 268 valence electrons. The maximum Gasteiger partial charge on any atom is 0.349 e. The Kier molecular flexibility index (Phi) is 12.4. The lowest BCUT2D eigenvalue weighted by Gasteiger charge is -1.94. The van der Waals surface area contributed by atoms with Gasteiger partial charge >= 0.3 is 17.1 Å². The first-order valence-electron chi connectivity index (χ1n) is 14.3. The van der Waals surface area contributed by atoms with Gasteiger partial charge in [0.1, 0.15) is 17.7 Å². The van der Waals surface area contributed by atoms with Crippen LogP contribution >= 0.6 is 0 Å². The molecule has 7 aromatic heterocycles. The van der Waals surface area contributed by atoms with Gasteiger partial charge in [0, 0.05) is 65.5 Å². The summed E-state index contributed by atoms with van der Waals surface area (Å²) < 4.78 is 7.42. The van der Waals surface area contributed by atoms with E-state index in [1.54, 1.807) is 62.8 Å². The van der Waals surface area contributed by atoms with Gasteiger partial charge in [-0.15, -0.1) is 0 Å². The fourth-order valence-corrected chi connectivity index (χ4v) is 3.65. The number of nitrogens with two attached hydrogens (primary N) is 3. The lowest BCUT2D eigenvalue weighted by atomic mass is 10.4. The summed E-state index contributed by atoms with van der Waals surface area (Å²) in [5.74, 6) is 0.796. The van der Waals surface area contributed by atoms with Crippen molar-refractivity contribution in [1.82, 2.24) is 67.7 Å². The largest absolute Gasteiger partial charge is 0.383 e. The molecule has 7 aromatic rings. The third-order valence-electron chi connectivity index (χ3n) is 6.40. The molecular formula is C28H35N17O6. The lowest BCUT2D eigenvalue weighted by Crippen LogP contribution is -2.28. The van der Waals surface area contributed by atoms with Crippen molar-refractivity contribution in [2.24, 2.45) is 35.2 Å². The van der Waals surface area contributed by atoms with Crippen LogP contribution in [0.2, 0.25) is 0 Å². The average Bonchev–Trinajstić information content (AvgIpc) is 3.64. The molecule has 0 aliphatic carbocycles. The fraction of sp³-hybridized carbons (Fsp3) is 0.214. The summed E-state index contributed by atoms with van der Waals surface area (Å²) in [4.78, 5) is 93.8. The second-order valence-electron chi connectivity index (χ2n) is 10.4. The number of imidazole rings is 2. The van der Waals surface area contributed by atoms with Crippen LogP contribution in [0.3, 0.4) is 0 Å². The van der Waals surface area contributed by atoms with Gasteiger partial charge in [-0.2, -0.15) is 9.97 Å². The standard InChI is InChI=1S/C6H7N5O.C6H7N5.C6H8N2O2.C5H7N3O.C5H6N2O2/c1-11-2-8-3-4(11)9-6(7)10-5(3)12;1-11-3-10-4-5(7)8-2-9-6(4)11;1-4-3-8(2)6(10)7-5(4)9;1-8-3-2-4(6)7-5(8)9;1-7-3-2-4(8)6-5(7)9/h2H,1H3,(H3,7,9,10,12);2-3H,1H3,(H2,7,8,9);3H,1-2H3,(H,7,9,10);2-3H,1H3,(H2,6,7,9);2-3H,1H3,(H,6,8,9). The molecule has 0 amide bonds. The Morgan fingerprint density at radius 1 is 0.608 bits per heavy atom. The Morgan fingerprint density at radius 3 is 1.78 bits per heavy atom. The molecule has 0 bridgehead atoms. The SMILES string of the molecule is Cc1cn(C)c(=O)[nH]c1=O.Cn1ccc(=O)[nH]c1=O.Cn1ccc(N)nc1=O.Cn1cnc2c(=O)[nH]c(N)nc21.Cn1cnc2c(N)ncnc21. The highest BCUT2D eigenvalue weighted by Crippen LogP contribution is 2.11. The van der Waals surface area contributed by atoms with Crippen LogP contribution in [0, 0.1) is 6.92 Å². The lowest BCUT2D eigenvalue weighted by molar-refractivity contribution is 0.789. The number of nitrogens with zero attached hydrogens (tertiary/aromatic N) is 11. The van der Waals surface area contributed by atoms with Crippen LogP contribution in [0.25, 0.3) is 22.3 Å². The van der Waals surface area contributed by atoms with Crippen LogP contribution in [0.1, 0.15) is 5.56 Å². The van der Waals surface area contributed by atoms with Gasteiger partial charge in [0.05, 0.1) is 12.7 Å². The molecule has 7 heterocycles. The Morgan fingerprint density at radius 2 is 1.22 bits per heavy atom. The Hall–Kier alpha value is -7.46. The summed E-state index contributed by atoms with van der Waals surface area (Å²) in [6.45, 7) is 1.65. The van der Waals surface area contributed by atoms with Crippen LogP contribution in [0.4, 0.5) is 17.6 Å². The second kappa shape index (κ2) is 16.6. The third kappa shape index (κ3) is 10.3. The number of nitrogen functional groups attached to an aromatic ring is 3. The molecule has 0 aliphatic rings. The molecule has 0 saturated carbocycles. The average molecular weight is 706 g/mol. The van der Waals surface area contributed by atoms with Crippen LogP contribution in [-0.2, 0) is 35.2 Å². The molecular weight excluding hydrogens is 670 g/mol. The summed E-state index contributed by atoms with van der Waals surface area (Å²) in [6.07, 6.45) is 9.11. The first-order valence-corrected chi connectivity index (χ1v) is 14.3. The van der Waals surface area contributed by atoms with Crippen molar-refractivity contribution in [2.75, 3.05) is 17.2 Å². The molecule has 0 fully saturated rings. The van der Waals surface area contributed by atoms with E-state index in [0.717, 1.165) is 5.65 Å². The van der Waals surface area contributed by atoms with E-state index in [0.29, 0.717) is 28.1 Å². The zero-order chi connectivity index (χ0) is 38.0. The molecule has 0 unspecified atom stereocenters. The molecule has 23 nitrogen and oxygen atoms in total. The Balaban J connectivity index is 0.000000173. The number of fused-ring (bicyclic) bond motifs is 2. The topological polar surface area (TPSA) is 330 Å². The summed E-state index contributed by atoms with van der Waals surface area (Å²) in [6, 6.07) is 2.86. The van der Waals surface area contributed by atoms with E-state index >= 15 is 0 Å². The number of anilines is 3. The molecule has 0 atom stereocenters. The summed E-state index contributed by atoms with van der Waals surface area (Å²) >= 11 is 0.